The topological polar surface area (TPSA) is 63.5 Å². The molecule has 0 aliphatic heterocycles. The summed E-state index contributed by atoms with van der Waals surface area (Å²) in [6, 6.07) is 9.04. The van der Waals surface area contributed by atoms with E-state index < -0.39 is 23.2 Å². The van der Waals surface area contributed by atoms with Crippen LogP contribution in [0, 0.1) is 0 Å². The van der Waals surface area contributed by atoms with Gasteiger partial charge in [0, 0.05) is 18.1 Å². The Kier molecular flexibility index (Phi) is 3.80. The van der Waals surface area contributed by atoms with Crippen LogP contribution in [0.2, 0.25) is 0 Å². The number of carbonyl (C=O) groups excluding carboxylic acids is 1. The molecule has 1 aromatic carbocycles. The minimum atomic E-state index is -4.52. The number of pyridine rings is 1. The predicted octanol–water partition coefficient (Wildman–Crippen LogP) is 2.97. The number of hydrogen-bond acceptors (Lipinski definition) is 3. The molecule has 0 aliphatic carbocycles. The maximum absolute atomic E-state index is 12.7. The number of nitrogens with zero attached hydrogens (tertiary/aromatic N) is 2. The van der Waals surface area contributed by atoms with E-state index in [0.29, 0.717) is 5.65 Å². The van der Waals surface area contributed by atoms with Gasteiger partial charge in [-0.3, -0.25) is 14.0 Å². The standard InChI is InChI=1S/C16H10F3N3O2/c17-16(18,19)10-4-3-5-11(8-10)21-14(23)12-9-20-13-6-1-2-7-22(13)15(12)24/h1-9H,(H,21,23). The summed E-state index contributed by atoms with van der Waals surface area (Å²) < 4.78 is 39.3. The Morgan fingerprint density at radius 3 is 2.67 bits per heavy atom. The molecule has 0 fully saturated rings. The van der Waals surface area contributed by atoms with Crippen molar-refractivity contribution >= 4 is 17.2 Å². The first-order valence-electron chi connectivity index (χ1n) is 6.81. The van der Waals surface area contributed by atoms with E-state index in [4.69, 9.17) is 0 Å². The fourth-order valence-corrected chi connectivity index (χ4v) is 2.15. The molecular weight excluding hydrogens is 323 g/mol. The van der Waals surface area contributed by atoms with Crippen molar-refractivity contribution in [3.63, 3.8) is 0 Å². The summed E-state index contributed by atoms with van der Waals surface area (Å²) in [6.45, 7) is 0. The monoisotopic (exact) mass is 333 g/mol. The molecule has 0 saturated heterocycles. The summed E-state index contributed by atoms with van der Waals surface area (Å²) in [7, 11) is 0. The number of fused-ring (bicyclic) bond motifs is 1. The zero-order valence-electron chi connectivity index (χ0n) is 12.0. The Balaban J connectivity index is 1.94. The van der Waals surface area contributed by atoms with Crippen LogP contribution in [0.1, 0.15) is 15.9 Å². The van der Waals surface area contributed by atoms with Gasteiger partial charge in [-0.1, -0.05) is 12.1 Å². The van der Waals surface area contributed by atoms with Crippen molar-refractivity contribution in [2.24, 2.45) is 0 Å². The number of carbonyl (C=O) groups is 1. The lowest BCUT2D eigenvalue weighted by atomic mass is 10.2. The van der Waals surface area contributed by atoms with Gasteiger partial charge in [-0.05, 0) is 30.3 Å². The number of halogens is 3. The largest absolute Gasteiger partial charge is 0.416 e. The average Bonchev–Trinajstić information content (AvgIpc) is 2.55. The molecule has 122 valence electrons. The molecule has 2 heterocycles. The fourth-order valence-electron chi connectivity index (χ4n) is 2.15. The molecule has 8 heteroatoms. The number of benzene rings is 1. The summed E-state index contributed by atoms with van der Waals surface area (Å²) in [5.74, 6) is -0.829. The van der Waals surface area contributed by atoms with E-state index in [1.54, 1.807) is 18.2 Å². The maximum Gasteiger partial charge on any atom is 0.416 e. The summed E-state index contributed by atoms with van der Waals surface area (Å²) in [5.41, 5.74) is -1.47. The lowest BCUT2D eigenvalue weighted by molar-refractivity contribution is -0.137. The van der Waals surface area contributed by atoms with Gasteiger partial charge in [0.25, 0.3) is 11.5 Å². The lowest BCUT2D eigenvalue weighted by Gasteiger charge is -2.10. The first-order chi connectivity index (χ1) is 11.4. The van der Waals surface area contributed by atoms with E-state index in [0.717, 1.165) is 18.3 Å². The fraction of sp³-hybridized carbons (Fsp3) is 0.0625. The van der Waals surface area contributed by atoms with Gasteiger partial charge in [0.15, 0.2) is 0 Å². The van der Waals surface area contributed by atoms with Crippen molar-refractivity contribution < 1.29 is 18.0 Å². The van der Waals surface area contributed by atoms with Gasteiger partial charge in [-0.25, -0.2) is 4.98 Å². The lowest BCUT2D eigenvalue weighted by Crippen LogP contribution is -2.26. The van der Waals surface area contributed by atoms with E-state index in [1.165, 1.54) is 22.7 Å². The van der Waals surface area contributed by atoms with Crippen LogP contribution in [-0.2, 0) is 6.18 Å². The van der Waals surface area contributed by atoms with Gasteiger partial charge in [0.05, 0.1) is 5.56 Å². The van der Waals surface area contributed by atoms with Crippen molar-refractivity contribution in [2.45, 2.75) is 6.18 Å². The van der Waals surface area contributed by atoms with E-state index in [2.05, 4.69) is 10.3 Å². The van der Waals surface area contributed by atoms with Crippen LogP contribution >= 0.6 is 0 Å². The van der Waals surface area contributed by atoms with Crippen LogP contribution < -0.4 is 10.9 Å². The highest BCUT2D eigenvalue weighted by atomic mass is 19.4. The Bertz CT molecular complexity index is 980. The number of rotatable bonds is 2. The molecule has 3 aromatic rings. The Labute approximate surface area is 133 Å². The van der Waals surface area contributed by atoms with Gasteiger partial charge in [-0.2, -0.15) is 13.2 Å². The van der Waals surface area contributed by atoms with Crippen molar-refractivity contribution in [1.29, 1.82) is 0 Å². The highest BCUT2D eigenvalue weighted by Crippen LogP contribution is 2.30. The summed E-state index contributed by atoms with van der Waals surface area (Å²) in [4.78, 5) is 28.4. The number of aromatic nitrogens is 2. The van der Waals surface area contributed by atoms with E-state index in [9.17, 15) is 22.8 Å². The summed E-state index contributed by atoms with van der Waals surface area (Å²) >= 11 is 0. The second-order valence-corrected chi connectivity index (χ2v) is 4.94. The minimum absolute atomic E-state index is 0.0626. The Morgan fingerprint density at radius 1 is 1.12 bits per heavy atom. The molecule has 0 bridgehead atoms. The molecule has 0 radical (unpaired) electrons. The summed E-state index contributed by atoms with van der Waals surface area (Å²) in [6.07, 6.45) is -1.98. The van der Waals surface area contributed by atoms with Gasteiger partial charge < -0.3 is 5.32 Å². The molecule has 0 atom stereocenters. The van der Waals surface area contributed by atoms with Gasteiger partial charge >= 0.3 is 6.18 Å². The van der Waals surface area contributed by atoms with Gasteiger partial charge in [0.2, 0.25) is 0 Å². The molecule has 0 spiro atoms. The van der Waals surface area contributed by atoms with Gasteiger partial charge in [0.1, 0.15) is 11.2 Å². The number of nitrogens with one attached hydrogen (secondary N) is 1. The molecule has 0 saturated carbocycles. The van der Waals surface area contributed by atoms with E-state index in [1.807, 2.05) is 0 Å². The highest BCUT2D eigenvalue weighted by Gasteiger charge is 2.30. The summed E-state index contributed by atoms with van der Waals surface area (Å²) in [5, 5.41) is 2.28. The van der Waals surface area contributed by atoms with Crippen LogP contribution in [-0.4, -0.2) is 15.3 Å². The average molecular weight is 333 g/mol. The number of hydrogen-bond donors (Lipinski definition) is 1. The van der Waals surface area contributed by atoms with Crippen LogP contribution in [0.25, 0.3) is 5.65 Å². The quantitative estimate of drug-likeness (QED) is 0.784. The predicted molar refractivity (Wildman–Crippen MR) is 80.9 cm³/mol. The third-order valence-corrected chi connectivity index (χ3v) is 3.31. The molecule has 2 aromatic heterocycles. The van der Waals surface area contributed by atoms with Crippen molar-refractivity contribution in [3.05, 3.63) is 76.3 Å². The second-order valence-electron chi connectivity index (χ2n) is 4.94. The molecule has 1 amide bonds. The first-order valence-corrected chi connectivity index (χ1v) is 6.81. The number of alkyl halides is 3. The minimum Gasteiger partial charge on any atom is -0.322 e. The highest BCUT2D eigenvalue weighted by molar-refractivity contribution is 6.03. The molecule has 1 N–H and O–H groups in total. The maximum atomic E-state index is 12.7. The molecule has 0 aliphatic rings. The third kappa shape index (κ3) is 2.98. The normalized spacial score (nSPS) is 11.5. The first kappa shape index (κ1) is 15.7. The van der Waals surface area contributed by atoms with Crippen molar-refractivity contribution in [1.82, 2.24) is 9.38 Å². The number of anilines is 1. The van der Waals surface area contributed by atoms with Crippen LogP contribution in [0.4, 0.5) is 18.9 Å². The van der Waals surface area contributed by atoms with Gasteiger partial charge in [-0.15, -0.1) is 0 Å². The van der Waals surface area contributed by atoms with E-state index in [-0.39, 0.29) is 11.3 Å². The molecular formula is C16H10F3N3O2. The second kappa shape index (κ2) is 5.80. The third-order valence-electron chi connectivity index (χ3n) is 3.31. The van der Waals surface area contributed by atoms with Crippen LogP contribution in [0.15, 0.2) is 59.7 Å². The Hall–Kier alpha value is -3.16. The van der Waals surface area contributed by atoms with Crippen LogP contribution in [0.3, 0.4) is 0 Å². The Morgan fingerprint density at radius 2 is 1.92 bits per heavy atom. The van der Waals surface area contributed by atoms with Crippen LogP contribution in [0.5, 0.6) is 0 Å². The van der Waals surface area contributed by atoms with Crippen molar-refractivity contribution in [2.75, 3.05) is 5.32 Å². The van der Waals surface area contributed by atoms with E-state index >= 15 is 0 Å². The molecule has 0 unspecified atom stereocenters. The molecule has 3 rings (SSSR count). The zero-order chi connectivity index (χ0) is 17.3. The molecule has 5 nitrogen and oxygen atoms in total. The zero-order valence-corrected chi connectivity index (χ0v) is 12.0. The SMILES string of the molecule is O=C(Nc1cccc(C(F)(F)F)c1)c1cnc2ccccn2c1=O. The number of amides is 1. The molecule has 24 heavy (non-hydrogen) atoms. The van der Waals surface area contributed by atoms with Crippen molar-refractivity contribution in [3.8, 4) is 0 Å². The smallest absolute Gasteiger partial charge is 0.322 e.